The molecule has 3 heterocycles. The van der Waals surface area contributed by atoms with E-state index < -0.39 is 5.97 Å². The number of nitrogens with zero attached hydrogens (tertiary/aromatic N) is 2. The third-order valence-electron chi connectivity index (χ3n) is 3.31. The molecule has 0 fully saturated rings. The summed E-state index contributed by atoms with van der Waals surface area (Å²) in [6, 6.07) is 5.36. The third kappa shape index (κ3) is 2.76. The molecule has 1 N–H and O–H groups in total. The second-order valence-electron chi connectivity index (χ2n) is 5.14. The van der Waals surface area contributed by atoms with Gasteiger partial charge in [-0.2, -0.15) is 0 Å². The van der Waals surface area contributed by atoms with E-state index in [1.54, 1.807) is 0 Å². The SMILES string of the molecule is CC(=O)c1c[nH]c(C(=O)OCc2cn3cc(C)ccc3n2)c1. The number of Topliss-reactive ketones (excluding diaryl/α,β-unsaturated/α-hetero) is 1. The van der Waals surface area contributed by atoms with E-state index in [-0.39, 0.29) is 18.1 Å². The summed E-state index contributed by atoms with van der Waals surface area (Å²) in [7, 11) is 0. The molecule has 0 aliphatic heterocycles. The molecule has 22 heavy (non-hydrogen) atoms. The lowest BCUT2D eigenvalue weighted by Crippen LogP contribution is -2.05. The van der Waals surface area contributed by atoms with Gasteiger partial charge in [0.15, 0.2) is 5.78 Å². The largest absolute Gasteiger partial charge is 0.454 e. The van der Waals surface area contributed by atoms with E-state index in [2.05, 4.69) is 9.97 Å². The highest BCUT2D eigenvalue weighted by Gasteiger charge is 2.13. The number of carbonyl (C=O) groups is 2. The zero-order chi connectivity index (χ0) is 15.7. The van der Waals surface area contributed by atoms with Crippen LogP contribution in [0, 0.1) is 6.92 Å². The maximum atomic E-state index is 11.9. The molecule has 0 unspecified atom stereocenters. The molecule has 112 valence electrons. The highest BCUT2D eigenvalue weighted by molar-refractivity contribution is 5.97. The maximum Gasteiger partial charge on any atom is 0.355 e. The van der Waals surface area contributed by atoms with Crippen LogP contribution in [0.2, 0.25) is 0 Å². The monoisotopic (exact) mass is 297 g/mol. The van der Waals surface area contributed by atoms with Crippen molar-refractivity contribution in [1.29, 1.82) is 0 Å². The van der Waals surface area contributed by atoms with Crippen molar-refractivity contribution in [2.24, 2.45) is 0 Å². The molecular weight excluding hydrogens is 282 g/mol. The van der Waals surface area contributed by atoms with E-state index in [1.165, 1.54) is 19.2 Å². The summed E-state index contributed by atoms with van der Waals surface area (Å²) in [5.74, 6) is -0.619. The fraction of sp³-hybridized carbons (Fsp3) is 0.188. The molecule has 6 heteroatoms. The summed E-state index contributed by atoms with van der Waals surface area (Å²) in [5, 5.41) is 0. The van der Waals surface area contributed by atoms with Crippen LogP contribution in [0.4, 0.5) is 0 Å². The van der Waals surface area contributed by atoms with Crippen LogP contribution in [0.15, 0.2) is 36.8 Å². The summed E-state index contributed by atoms with van der Waals surface area (Å²) in [4.78, 5) is 30.2. The van der Waals surface area contributed by atoms with Gasteiger partial charge < -0.3 is 14.1 Å². The van der Waals surface area contributed by atoms with Gasteiger partial charge in [0.05, 0.1) is 5.69 Å². The fourth-order valence-corrected chi connectivity index (χ4v) is 2.16. The number of rotatable bonds is 4. The molecule has 0 radical (unpaired) electrons. The molecule has 0 amide bonds. The molecule has 0 saturated heterocycles. The standard InChI is InChI=1S/C16H15N3O3/c1-10-3-4-15-18-13(8-19(15)7-10)9-22-16(21)14-5-12(6-17-14)11(2)20/h3-8,17H,9H2,1-2H3. The topological polar surface area (TPSA) is 76.5 Å². The number of hydrogen-bond acceptors (Lipinski definition) is 4. The van der Waals surface area contributed by atoms with Crippen LogP contribution in [0.3, 0.4) is 0 Å². The van der Waals surface area contributed by atoms with Crippen molar-refractivity contribution in [1.82, 2.24) is 14.4 Å². The molecule has 0 saturated carbocycles. The van der Waals surface area contributed by atoms with Gasteiger partial charge in [-0.05, 0) is 31.5 Å². The minimum absolute atomic E-state index is 0.0774. The number of ketones is 1. The Morgan fingerprint density at radius 1 is 1.32 bits per heavy atom. The normalized spacial score (nSPS) is 10.8. The summed E-state index contributed by atoms with van der Waals surface area (Å²) >= 11 is 0. The molecule has 3 rings (SSSR count). The Labute approximate surface area is 126 Å². The van der Waals surface area contributed by atoms with Crippen molar-refractivity contribution < 1.29 is 14.3 Å². The Kier molecular flexibility index (Phi) is 3.50. The second kappa shape index (κ2) is 5.48. The van der Waals surface area contributed by atoms with E-state index in [1.807, 2.05) is 35.9 Å². The Balaban J connectivity index is 1.70. The number of hydrogen-bond donors (Lipinski definition) is 1. The molecule has 6 nitrogen and oxygen atoms in total. The molecule has 0 spiro atoms. The van der Waals surface area contributed by atoms with Crippen LogP contribution >= 0.6 is 0 Å². The Morgan fingerprint density at radius 3 is 2.86 bits per heavy atom. The second-order valence-corrected chi connectivity index (χ2v) is 5.14. The average Bonchev–Trinajstić information content (AvgIpc) is 3.10. The van der Waals surface area contributed by atoms with Crippen LogP contribution in [0.25, 0.3) is 5.65 Å². The Morgan fingerprint density at radius 2 is 2.14 bits per heavy atom. The number of aromatic nitrogens is 3. The number of fused-ring (bicyclic) bond motifs is 1. The van der Waals surface area contributed by atoms with Gasteiger partial charge in [0.25, 0.3) is 0 Å². The minimum Gasteiger partial charge on any atom is -0.454 e. The van der Waals surface area contributed by atoms with Gasteiger partial charge in [-0.15, -0.1) is 0 Å². The van der Waals surface area contributed by atoms with Gasteiger partial charge in [-0.25, -0.2) is 9.78 Å². The molecule has 0 bridgehead atoms. The predicted molar refractivity (Wildman–Crippen MR) is 79.8 cm³/mol. The Bertz CT molecular complexity index is 861. The number of pyridine rings is 1. The van der Waals surface area contributed by atoms with E-state index in [9.17, 15) is 9.59 Å². The van der Waals surface area contributed by atoms with Crippen LogP contribution in [0.1, 0.15) is 39.0 Å². The number of carbonyl (C=O) groups excluding carboxylic acids is 2. The van der Waals surface area contributed by atoms with Crippen LogP contribution < -0.4 is 0 Å². The van der Waals surface area contributed by atoms with Crippen molar-refractivity contribution in [2.75, 3.05) is 0 Å². The quantitative estimate of drug-likeness (QED) is 0.593. The highest BCUT2D eigenvalue weighted by atomic mass is 16.5. The van der Waals surface area contributed by atoms with Gasteiger partial charge >= 0.3 is 5.97 Å². The lowest BCUT2D eigenvalue weighted by molar-refractivity contribution is 0.0462. The molecule has 3 aromatic heterocycles. The number of nitrogens with one attached hydrogen (secondary N) is 1. The average molecular weight is 297 g/mol. The molecular formula is C16H15N3O3. The number of aryl methyl sites for hydroxylation is 1. The first-order valence-electron chi connectivity index (χ1n) is 6.83. The number of ether oxygens (including phenoxy) is 1. The number of esters is 1. The first kappa shape index (κ1) is 14.1. The van der Waals surface area contributed by atoms with Crippen molar-refractivity contribution in [3.8, 4) is 0 Å². The van der Waals surface area contributed by atoms with E-state index in [0.717, 1.165) is 11.2 Å². The van der Waals surface area contributed by atoms with Crippen LogP contribution in [-0.2, 0) is 11.3 Å². The minimum atomic E-state index is -0.513. The smallest absolute Gasteiger partial charge is 0.355 e. The van der Waals surface area contributed by atoms with Gasteiger partial charge in [0, 0.05) is 24.2 Å². The van der Waals surface area contributed by atoms with Gasteiger partial charge in [0.2, 0.25) is 0 Å². The zero-order valence-corrected chi connectivity index (χ0v) is 12.3. The highest BCUT2D eigenvalue weighted by Crippen LogP contribution is 2.10. The van der Waals surface area contributed by atoms with Gasteiger partial charge in [0.1, 0.15) is 17.9 Å². The first-order valence-corrected chi connectivity index (χ1v) is 6.83. The molecule has 0 aliphatic rings. The summed E-state index contributed by atoms with van der Waals surface area (Å²) in [6.07, 6.45) is 5.27. The van der Waals surface area contributed by atoms with Crippen molar-refractivity contribution in [3.05, 3.63) is 59.3 Å². The Hall–Kier alpha value is -2.89. The summed E-state index contributed by atoms with van der Waals surface area (Å²) in [6.45, 7) is 3.52. The number of imidazole rings is 1. The maximum absolute atomic E-state index is 11.9. The summed E-state index contributed by atoms with van der Waals surface area (Å²) in [5.41, 5.74) is 3.30. The van der Waals surface area contributed by atoms with Gasteiger partial charge in [-0.1, -0.05) is 6.07 Å². The molecule has 3 aromatic rings. The lowest BCUT2D eigenvalue weighted by Gasteiger charge is -1.99. The third-order valence-corrected chi connectivity index (χ3v) is 3.31. The lowest BCUT2D eigenvalue weighted by atomic mass is 10.2. The number of H-pyrrole nitrogens is 1. The van der Waals surface area contributed by atoms with Crippen LogP contribution in [0.5, 0.6) is 0 Å². The van der Waals surface area contributed by atoms with E-state index >= 15 is 0 Å². The first-order chi connectivity index (χ1) is 10.5. The van der Waals surface area contributed by atoms with Crippen molar-refractivity contribution >= 4 is 17.4 Å². The zero-order valence-electron chi connectivity index (χ0n) is 12.3. The van der Waals surface area contributed by atoms with Gasteiger partial charge in [-0.3, -0.25) is 4.79 Å². The van der Waals surface area contributed by atoms with Crippen molar-refractivity contribution in [2.45, 2.75) is 20.5 Å². The predicted octanol–water partition coefficient (Wildman–Crippen LogP) is 2.53. The number of aromatic amines is 1. The fourth-order valence-electron chi connectivity index (χ4n) is 2.16. The molecule has 0 atom stereocenters. The van der Waals surface area contributed by atoms with E-state index in [0.29, 0.717) is 11.3 Å². The van der Waals surface area contributed by atoms with Crippen LogP contribution in [-0.4, -0.2) is 26.1 Å². The molecule has 0 aromatic carbocycles. The summed E-state index contributed by atoms with van der Waals surface area (Å²) < 4.78 is 7.10. The van der Waals surface area contributed by atoms with Crippen molar-refractivity contribution in [3.63, 3.8) is 0 Å². The van der Waals surface area contributed by atoms with E-state index in [4.69, 9.17) is 4.74 Å². The molecule has 0 aliphatic carbocycles.